The van der Waals surface area contributed by atoms with Crippen LogP contribution < -0.4 is 20.3 Å². The van der Waals surface area contributed by atoms with Crippen molar-refractivity contribution in [3.05, 3.63) is 65.5 Å². The fraction of sp³-hybridized carbons (Fsp3) is 0.238. The lowest BCUT2D eigenvalue weighted by molar-refractivity contribution is 0.0963. The first-order chi connectivity index (χ1) is 14.2. The van der Waals surface area contributed by atoms with E-state index in [1.165, 1.54) is 17.5 Å². The Kier molecular flexibility index (Phi) is 5.24. The van der Waals surface area contributed by atoms with E-state index in [0.717, 1.165) is 30.9 Å². The Morgan fingerprint density at radius 3 is 2.86 bits per heavy atom. The van der Waals surface area contributed by atoms with E-state index in [1.54, 1.807) is 26.3 Å². The molecule has 1 amide bonds. The molecule has 0 spiro atoms. The average molecular weight is 390 g/mol. The molecular weight excluding hydrogens is 368 g/mol. The first kappa shape index (κ1) is 18.7. The van der Waals surface area contributed by atoms with Crippen LogP contribution in [0, 0.1) is 0 Å². The number of rotatable bonds is 5. The normalized spacial score (nSPS) is 12.8. The number of nitrogens with one attached hydrogen (secondary N) is 2. The minimum Gasteiger partial charge on any atom is -0.497 e. The number of hydrogen-bond acceptors (Lipinski definition) is 7. The monoisotopic (exact) mass is 390 g/mol. The summed E-state index contributed by atoms with van der Waals surface area (Å²) in [6, 6.07) is 13.3. The highest BCUT2D eigenvalue weighted by molar-refractivity contribution is 5.95. The number of hydrogen-bond donors (Lipinski definition) is 2. The quantitative estimate of drug-likeness (QED) is 0.692. The van der Waals surface area contributed by atoms with Crippen molar-refractivity contribution in [1.29, 1.82) is 0 Å². The van der Waals surface area contributed by atoms with Crippen LogP contribution in [0.1, 0.15) is 21.5 Å². The Hall–Kier alpha value is -3.68. The number of amides is 1. The maximum absolute atomic E-state index is 11.8. The Morgan fingerprint density at radius 2 is 2.03 bits per heavy atom. The van der Waals surface area contributed by atoms with Crippen molar-refractivity contribution in [1.82, 2.24) is 20.3 Å². The third-order valence-corrected chi connectivity index (χ3v) is 4.88. The Morgan fingerprint density at radius 1 is 1.14 bits per heavy atom. The number of ether oxygens (including phenoxy) is 1. The van der Waals surface area contributed by atoms with Gasteiger partial charge in [0, 0.05) is 31.4 Å². The minimum atomic E-state index is -0.145. The third-order valence-electron chi connectivity index (χ3n) is 4.88. The zero-order valence-electron chi connectivity index (χ0n) is 16.3. The lowest BCUT2D eigenvalue weighted by atomic mass is 10.00. The fourth-order valence-electron chi connectivity index (χ4n) is 3.34. The van der Waals surface area contributed by atoms with E-state index >= 15 is 0 Å². The summed E-state index contributed by atoms with van der Waals surface area (Å²) < 4.78 is 5.31. The Bertz CT molecular complexity index is 1040. The topological polar surface area (TPSA) is 92.3 Å². The van der Waals surface area contributed by atoms with Crippen molar-refractivity contribution < 1.29 is 9.53 Å². The first-order valence-electron chi connectivity index (χ1n) is 9.35. The summed E-state index contributed by atoms with van der Waals surface area (Å²) in [6.07, 6.45) is 2.39. The van der Waals surface area contributed by atoms with Gasteiger partial charge in [-0.25, -0.2) is 9.97 Å². The number of benzene rings is 2. The number of aromatic nitrogens is 3. The van der Waals surface area contributed by atoms with Crippen molar-refractivity contribution >= 4 is 23.5 Å². The number of carbonyl (C=O) groups is 1. The molecule has 0 radical (unpaired) electrons. The van der Waals surface area contributed by atoms with Crippen LogP contribution in [0.15, 0.2) is 48.8 Å². The molecule has 4 rings (SSSR count). The summed E-state index contributed by atoms with van der Waals surface area (Å²) in [5.74, 6) is 1.78. The van der Waals surface area contributed by atoms with Crippen LogP contribution in [-0.4, -0.2) is 41.6 Å². The smallest absolute Gasteiger partial charge is 0.251 e. The van der Waals surface area contributed by atoms with Crippen molar-refractivity contribution in [3.8, 4) is 5.75 Å². The molecule has 1 aliphatic rings. The standard InChI is InChI=1S/C21H22N6O2/c1-22-19(28)15-4-3-5-17(10-15)25-20-23-13-24-21(26-20)27-9-8-14-11-18(29-2)7-6-16(14)12-27/h3-7,10-11,13H,8-9,12H2,1-2H3,(H,22,28)(H,23,24,25,26). The van der Waals surface area contributed by atoms with Gasteiger partial charge in [-0.3, -0.25) is 4.79 Å². The molecule has 0 saturated heterocycles. The van der Waals surface area contributed by atoms with Crippen molar-refractivity contribution in [2.24, 2.45) is 0 Å². The molecule has 8 heteroatoms. The van der Waals surface area contributed by atoms with Gasteiger partial charge in [-0.2, -0.15) is 4.98 Å². The van der Waals surface area contributed by atoms with Gasteiger partial charge in [0.25, 0.3) is 5.91 Å². The lowest BCUT2D eigenvalue weighted by Crippen LogP contribution is -2.32. The maximum atomic E-state index is 11.8. The predicted octanol–water partition coefficient (Wildman–Crippen LogP) is 2.55. The van der Waals surface area contributed by atoms with Crippen LogP contribution in [0.4, 0.5) is 17.6 Å². The largest absolute Gasteiger partial charge is 0.497 e. The minimum absolute atomic E-state index is 0.145. The molecule has 1 aliphatic heterocycles. The number of anilines is 3. The van der Waals surface area contributed by atoms with Crippen molar-refractivity contribution in [2.45, 2.75) is 13.0 Å². The van der Waals surface area contributed by atoms with E-state index in [9.17, 15) is 4.79 Å². The lowest BCUT2D eigenvalue weighted by Gasteiger charge is -2.29. The molecule has 2 N–H and O–H groups in total. The summed E-state index contributed by atoms with van der Waals surface area (Å²) in [5.41, 5.74) is 3.83. The highest BCUT2D eigenvalue weighted by Gasteiger charge is 2.19. The summed E-state index contributed by atoms with van der Waals surface area (Å²) in [6.45, 7) is 1.55. The van der Waals surface area contributed by atoms with Crippen molar-refractivity contribution in [2.75, 3.05) is 30.9 Å². The van der Waals surface area contributed by atoms with Crippen LogP contribution in [0.5, 0.6) is 5.75 Å². The van der Waals surface area contributed by atoms with Crippen LogP contribution in [0.3, 0.4) is 0 Å². The van der Waals surface area contributed by atoms with Gasteiger partial charge in [0.2, 0.25) is 11.9 Å². The SMILES string of the molecule is CNC(=O)c1cccc(Nc2ncnc(N3CCc4cc(OC)ccc4C3)n2)c1. The molecule has 148 valence electrons. The molecule has 0 aliphatic carbocycles. The van der Waals surface area contributed by atoms with Gasteiger partial charge in [-0.15, -0.1) is 0 Å². The number of fused-ring (bicyclic) bond motifs is 1. The predicted molar refractivity (Wildman–Crippen MR) is 111 cm³/mol. The van der Waals surface area contributed by atoms with E-state index in [0.29, 0.717) is 17.5 Å². The van der Waals surface area contributed by atoms with Gasteiger partial charge in [-0.05, 0) is 47.9 Å². The molecule has 0 atom stereocenters. The van der Waals surface area contributed by atoms with E-state index in [1.807, 2.05) is 18.2 Å². The number of methoxy groups -OCH3 is 1. The second-order valence-corrected chi connectivity index (χ2v) is 6.70. The highest BCUT2D eigenvalue weighted by atomic mass is 16.5. The summed E-state index contributed by atoms with van der Waals surface area (Å²) in [4.78, 5) is 27.1. The third kappa shape index (κ3) is 4.11. The summed E-state index contributed by atoms with van der Waals surface area (Å²) in [5, 5.41) is 5.77. The maximum Gasteiger partial charge on any atom is 0.251 e. The van der Waals surface area contributed by atoms with E-state index in [4.69, 9.17) is 4.74 Å². The van der Waals surface area contributed by atoms with Gasteiger partial charge in [0.15, 0.2) is 0 Å². The zero-order chi connectivity index (χ0) is 20.2. The summed E-state index contributed by atoms with van der Waals surface area (Å²) in [7, 11) is 3.29. The number of carbonyl (C=O) groups excluding carboxylic acids is 1. The Labute approximate surface area is 169 Å². The summed E-state index contributed by atoms with van der Waals surface area (Å²) >= 11 is 0. The van der Waals surface area contributed by atoms with Gasteiger partial charge < -0.3 is 20.3 Å². The highest BCUT2D eigenvalue weighted by Crippen LogP contribution is 2.26. The van der Waals surface area contributed by atoms with Gasteiger partial charge in [0.1, 0.15) is 12.1 Å². The van der Waals surface area contributed by atoms with E-state index < -0.39 is 0 Å². The van der Waals surface area contributed by atoms with E-state index in [2.05, 4.69) is 42.6 Å². The van der Waals surface area contributed by atoms with Gasteiger partial charge in [-0.1, -0.05) is 12.1 Å². The van der Waals surface area contributed by atoms with Crippen LogP contribution in [-0.2, 0) is 13.0 Å². The fourth-order valence-corrected chi connectivity index (χ4v) is 3.34. The number of nitrogens with zero attached hydrogens (tertiary/aromatic N) is 4. The van der Waals surface area contributed by atoms with Gasteiger partial charge in [0.05, 0.1) is 7.11 Å². The molecular formula is C21H22N6O2. The van der Waals surface area contributed by atoms with Crippen molar-refractivity contribution in [3.63, 3.8) is 0 Å². The Balaban J connectivity index is 1.51. The molecule has 0 fully saturated rings. The molecule has 29 heavy (non-hydrogen) atoms. The van der Waals surface area contributed by atoms with Crippen LogP contribution in [0.25, 0.3) is 0 Å². The molecule has 0 bridgehead atoms. The first-order valence-corrected chi connectivity index (χ1v) is 9.35. The zero-order valence-corrected chi connectivity index (χ0v) is 16.3. The molecule has 0 unspecified atom stereocenters. The molecule has 8 nitrogen and oxygen atoms in total. The molecule has 2 aromatic carbocycles. The second kappa shape index (κ2) is 8.14. The molecule has 3 aromatic rings. The molecule has 2 heterocycles. The molecule has 1 aromatic heterocycles. The average Bonchev–Trinajstić information content (AvgIpc) is 2.78. The molecule has 0 saturated carbocycles. The van der Waals surface area contributed by atoms with Crippen LogP contribution in [0.2, 0.25) is 0 Å². The van der Waals surface area contributed by atoms with Gasteiger partial charge >= 0.3 is 0 Å². The van der Waals surface area contributed by atoms with Crippen LogP contribution >= 0.6 is 0 Å². The van der Waals surface area contributed by atoms with E-state index in [-0.39, 0.29) is 5.91 Å². The second-order valence-electron chi connectivity index (χ2n) is 6.70.